The van der Waals surface area contributed by atoms with Gasteiger partial charge in [0.15, 0.2) is 0 Å². The minimum absolute atomic E-state index is 0. The van der Waals surface area contributed by atoms with Crippen molar-refractivity contribution in [3.63, 3.8) is 0 Å². The molecule has 0 aromatic carbocycles. The predicted molar refractivity (Wildman–Crippen MR) is 29.3 cm³/mol. The van der Waals surface area contributed by atoms with Crippen molar-refractivity contribution in [2.24, 2.45) is 0 Å². The van der Waals surface area contributed by atoms with E-state index in [2.05, 4.69) is 9.97 Å². The van der Waals surface area contributed by atoms with Crippen LogP contribution in [0.3, 0.4) is 0 Å². The third-order valence-electron chi connectivity index (χ3n) is 0.406. The number of carboxylic acids is 1. The predicted octanol–water partition coefficient (Wildman–Crippen LogP) is -3.83. The Morgan fingerprint density at radius 3 is 2.30 bits per heavy atom. The summed E-state index contributed by atoms with van der Waals surface area (Å²) in [6, 6.07) is 0. The van der Waals surface area contributed by atoms with Crippen molar-refractivity contribution in [2.45, 2.75) is 6.92 Å². The van der Waals surface area contributed by atoms with E-state index in [9.17, 15) is 0 Å². The minimum atomic E-state index is -1.08. The summed E-state index contributed by atoms with van der Waals surface area (Å²) < 4.78 is 0. The molecule has 1 aromatic heterocycles. The van der Waals surface area contributed by atoms with E-state index in [4.69, 9.17) is 9.90 Å². The number of carboxylic acid groups (broad SMARTS) is 1. The average Bonchev–Trinajstić information content (AvgIpc) is 2.11. The number of rotatable bonds is 0. The summed E-state index contributed by atoms with van der Waals surface area (Å²) in [4.78, 5) is 15.3. The van der Waals surface area contributed by atoms with E-state index in [1.165, 1.54) is 0 Å². The van der Waals surface area contributed by atoms with Crippen LogP contribution >= 0.6 is 0 Å². The van der Waals surface area contributed by atoms with Crippen LogP contribution in [0.2, 0.25) is 0 Å². The van der Waals surface area contributed by atoms with Gasteiger partial charge in [-0.15, -0.1) is 0 Å². The first kappa shape index (κ1) is 12.4. The van der Waals surface area contributed by atoms with E-state index < -0.39 is 5.97 Å². The minimum Gasteiger partial charge on any atom is -0.550 e. The molecule has 0 bridgehead atoms. The van der Waals surface area contributed by atoms with E-state index in [0.717, 1.165) is 6.92 Å². The molecule has 0 saturated heterocycles. The molecule has 0 radical (unpaired) electrons. The molecular formula is C5H7N2NaO2. The summed E-state index contributed by atoms with van der Waals surface area (Å²) in [7, 11) is 0. The molecule has 1 rings (SSSR count). The summed E-state index contributed by atoms with van der Waals surface area (Å²) in [5, 5.41) is 8.89. The van der Waals surface area contributed by atoms with Crippen LogP contribution in [0.4, 0.5) is 0 Å². The summed E-state index contributed by atoms with van der Waals surface area (Å²) in [6.45, 7) is 0.972. The first-order valence-electron chi connectivity index (χ1n) is 2.34. The van der Waals surface area contributed by atoms with Crippen LogP contribution in [0, 0.1) is 0 Å². The average molecular weight is 150 g/mol. The standard InChI is InChI=1S/C3H4N2.C2H4O2.Na/c1-2-5-3-4-1;1-2(3)4;/h1-3H,(H,4,5);1H3,(H,3,4);/q;;+1/p-1. The Morgan fingerprint density at radius 2 is 2.20 bits per heavy atom. The van der Waals surface area contributed by atoms with Gasteiger partial charge < -0.3 is 14.9 Å². The number of nitrogens with one attached hydrogen (secondary N) is 1. The van der Waals surface area contributed by atoms with Gasteiger partial charge in [-0.1, -0.05) is 0 Å². The molecule has 0 amide bonds. The molecule has 0 unspecified atom stereocenters. The maximum absolute atomic E-state index is 8.89. The van der Waals surface area contributed by atoms with Gasteiger partial charge in [0, 0.05) is 18.4 Å². The van der Waals surface area contributed by atoms with Crippen LogP contribution in [0.5, 0.6) is 0 Å². The Labute approximate surface area is 81.0 Å². The van der Waals surface area contributed by atoms with Gasteiger partial charge in [-0.2, -0.15) is 0 Å². The Bertz CT molecular complexity index is 131. The van der Waals surface area contributed by atoms with Crippen LogP contribution in [0.15, 0.2) is 18.7 Å². The molecule has 0 fully saturated rings. The van der Waals surface area contributed by atoms with Crippen LogP contribution < -0.4 is 34.7 Å². The number of aromatic amines is 1. The van der Waals surface area contributed by atoms with Gasteiger partial charge in [-0.3, -0.25) is 0 Å². The quantitative estimate of drug-likeness (QED) is 0.385. The summed E-state index contributed by atoms with van der Waals surface area (Å²) in [5.41, 5.74) is 0. The smallest absolute Gasteiger partial charge is 0.550 e. The SMILES string of the molecule is CC(=O)[O-].[Na+].c1c[nH]cn1. The number of hydrogen-bond donors (Lipinski definition) is 1. The number of nitrogens with zero attached hydrogens (tertiary/aromatic N) is 1. The van der Waals surface area contributed by atoms with Crippen LogP contribution in [-0.4, -0.2) is 15.9 Å². The summed E-state index contributed by atoms with van der Waals surface area (Å²) in [6.07, 6.45) is 5.08. The molecule has 1 aromatic rings. The van der Waals surface area contributed by atoms with Crippen molar-refractivity contribution < 1.29 is 39.5 Å². The van der Waals surface area contributed by atoms with Gasteiger partial charge >= 0.3 is 29.6 Å². The van der Waals surface area contributed by atoms with Gasteiger partial charge in [0.25, 0.3) is 0 Å². The number of H-pyrrole nitrogens is 1. The number of carbonyl (C=O) groups excluding carboxylic acids is 1. The molecule has 0 spiro atoms. The second kappa shape index (κ2) is 8.68. The monoisotopic (exact) mass is 150 g/mol. The van der Waals surface area contributed by atoms with Crippen LogP contribution in [0.1, 0.15) is 6.92 Å². The Morgan fingerprint density at radius 1 is 1.70 bits per heavy atom. The molecule has 0 saturated carbocycles. The normalized spacial score (nSPS) is 6.50. The maximum atomic E-state index is 8.89. The van der Waals surface area contributed by atoms with Crippen molar-refractivity contribution >= 4 is 5.97 Å². The summed E-state index contributed by atoms with van der Waals surface area (Å²) in [5.74, 6) is -1.08. The van der Waals surface area contributed by atoms with Crippen molar-refractivity contribution in [1.29, 1.82) is 0 Å². The number of hydrogen-bond acceptors (Lipinski definition) is 3. The van der Waals surface area contributed by atoms with E-state index in [0.29, 0.717) is 0 Å². The number of aliphatic carboxylic acids is 1. The molecule has 0 aliphatic heterocycles. The largest absolute Gasteiger partial charge is 1.00 e. The molecule has 0 atom stereocenters. The van der Waals surface area contributed by atoms with Gasteiger partial charge in [-0.05, 0) is 6.92 Å². The van der Waals surface area contributed by atoms with E-state index in [-0.39, 0.29) is 29.6 Å². The molecule has 1 heterocycles. The maximum Gasteiger partial charge on any atom is 1.00 e. The van der Waals surface area contributed by atoms with Crippen molar-refractivity contribution in [3.8, 4) is 0 Å². The summed E-state index contributed by atoms with van der Waals surface area (Å²) >= 11 is 0. The van der Waals surface area contributed by atoms with E-state index in [1.54, 1.807) is 18.7 Å². The van der Waals surface area contributed by atoms with Gasteiger partial charge in [-0.25, -0.2) is 4.98 Å². The number of aromatic nitrogens is 2. The molecule has 0 aliphatic rings. The molecule has 0 aliphatic carbocycles. The van der Waals surface area contributed by atoms with E-state index >= 15 is 0 Å². The Kier molecular flexibility index (Phi) is 10.7. The van der Waals surface area contributed by atoms with Crippen LogP contribution in [0.25, 0.3) is 0 Å². The fraction of sp³-hybridized carbons (Fsp3) is 0.200. The van der Waals surface area contributed by atoms with Gasteiger partial charge in [0.1, 0.15) is 0 Å². The first-order chi connectivity index (χ1) is 4.23. The van der Waals surface area contributed by atoms with Crippen LogP contribution in [-0.2, 0) is 4.79 Å². The number of imidazole rings is 1. The Hall–Kier alpha value is -0.320. The molecule has 10 heavy (non-hydrogen) atoms. The third kappa shape index (κ3) is 15.6. The zero-order valence-corrected chi connectivity index (χ0v) is 8.00. The molecular weight excluding hydrogens is 143 g/mol. The molecule has 50 valence electrons. The molecule has 1 N–H and O–H groups in total. The fourth-order valence-corrected chi connectivity index (χ4v) is 0.215. The zero-order chi connectivity index (χ0) is 7.11. The third-order valence-corrected chi connectivity index (χ3v) is 0.406. The second-order valence-electron chi connectivity index (χ2n) is 1.25. The number of carbonyl (C=O) groups is 1. The molecule has 4 nitrogen and oxygen atoms in total. The van der Waals surface area contributed by atoms with Crippen molar-refractivity contribution in [3.05, 3.63) is 18.7 Å². The van der Waals surface area contributed by atoms with Crippen molar-refractivity contribution in [1.82, 2.24) is 9.97 Å². The first-order valence-corrected chi connectivity index (χ1v) is 2.34. The topological polar surface area (TPSA) is 68.8 Å². The van der Waals surface area contributed by atoms with Crippen molar-refractivity contribution in [2.75, 3.05) is 0 Å². The Balaban J connectivity index is 0. The van der Waals surface area contributed by atoms with Gasteiger partial charge in [0.2, 0.25) is 0 Å². The molecule has 5 heteroatoms. The zero-order valence-electron chi connectivity index (χ0n) is 6.00. The van der Waals surface area contributed by atoms with Gasteiger partial charge in [0.05, 0.1) is 6.33 Å². The fourth-order valence-electron chi connectivity index (χ4n) is 0.215. The van der Waals surface area contributed by atoms with E-state index in [1.807, 2.05) is 0 Å². The second-order valence-corrected chi connectivity index (χ2v) is 1.25.